The average molecular weight is 281 g/mol. The van der Waals surface area contributed by atoms with Crippen molar-refractivity contribution in [1.29, 1.82) is 0 Å². The molecule has 0 atom stereocenters. The van der Waals surface area contributed by atoms with E-state index in [1.165, 1.54) is 35.8 Å². The number of rotatable bonds is 1. The Morgan fingerprint density at radius 1 is 0.857 bits per heavy atom. The monoisotopic (exact) mass is 281 g/mol. The highest BCUT2D eigenvalue weighted by Gasteiger charge is 2.31. The summed E-state index contributed by atoms with van der Waals surface area (Å²) in [4.78, 5) is 26.1. The molecule has 4 rings (SSSR count). The van der Waals surface area contributed by atoms with Crippen molar-refractivity contribution < 1.29 is 10.2 Å². The van der Waals surface area contributed by atoms with Crippen LogP contribution in [0.3, 0.4) is 0 Å². The van der Waals surface area contributed by atoms with Crippen LogP contribution >= 0.6 is 0 Å². The molecular weight excluding hydrogens is 274 g/mol. The van der Waals surface area contributed by atoms with Crippen LogP contribution in [0, 0.1) is 0 Å². The number of guanidine groups is 3. The molecule has 0 aromatic heterocycles. The van der Waals surface area contributed by atoms with E-state index in [0.29, 0.717) is 23.4 Å². The van der Waals surface area contributed by atoms with Crippen LogP contribution < -0.4 is 0 Å². The van der Waals surface area contributed by atoms with Gasteiger partial charge in [0.05, 0.1) is 5.56 Å². The molecule has 1 aromatic rings. The minimum Gasteiger partial charge on any atom is -0.508 e. The lowest BCUT2D eigenvalue weighted by Gasteiger charge is -2.27. The molecular formula is C12H7N7O2. The van der Waals surface area contributed by atoms with Crippen molar-refractivity contribution >= 4 is 36.4 Å². The van der Waals surface area contributed by atoms with Crippen molar-refractivity contribution in [2.24, 2.45) is 30.0 Å². The van der Waals surface area contributed by atoms with Crippen molar-refractivity contribution in [1.82, 2.24) is 4.90 Å². The zero-order chi connectivity index (χ0) is 14.4. The van der Waals surface area contributed by atoms with E-state index < -0.39 is 0 Å². The van der Waals surface area contributed by atoms with Gasteiger partial charge in [0.1, 0.15) is 24.2 Å². The summed E-state index contributed by atoms with van der Waals surface area (Å²) in [7, 11) is 0. The van der Waals surface area contributed by atoms with E-state index in [9.17, 15) is 10.2 Å². The van der Waals surface area contributed by atoms with E-state index in [0.717, 1.165) is 0 Å². The summed E-state index contributed by atoms with van der Waals surface area (Å²) >= 11 is 0. The SMILES string of the molecule is Oc1ccc(C2=NC3=NC=NC4=NC=NC(=N2)N43)c(O)c1. The molecule has 0 radical (unpaired) electrons. The Morgan fingerprint density at radius 2 is 1.62 bits per heavy atom. The minimum atomic E-state index is -0.134. The Bertz CT molecular complexity index is 830. The number of nitrogens with zero attached hydrogens (tertiary/aromatic N) is 7. The number of aromatic hydroxyl groups is 2. The van der Waals surface area contributed by atoms with Gasteiger partial charge in [0, 0.05) is 6.07 Å². The molecule has 0 saturated carbocycles. The normalized spacial score (nSPS) is 18.6. The fraction of sp³-hybridized carbons (Fsp3) is 0. The first-order valence-electron chi connectivity index (χ1n) is 5.93. The summed E-state index contributed by atoms with van der Waals surface area (Å²) in [6, 6.07) is 4.17. The Labute approximate surface area is 117 Å². The van der Waals surface area contributed by atoms with Gasteiger partial charge in [0.25, 0.3) is 0 Å². The topological polar surface area (TPSA) is 118 Å². The van der Waals surface area contributed by atoms with Crippen molar-refractivity contribution in [3.63, 3.8) is 0 Å². The molecule has 3 heterocycles. The van der Waals surface area contributed by atoms with Crippen LogP contribution in [0.25, 0.3) is 0 Å². The van der Waals surface area contributed by atoms with Gasteiger partial charge in [-0.25, -0.2) is 24.9 Å². The third-order valence-electron chi connectivity index (χ3n) is 2.93. The van der Waals surface area contributed by atoms with Crippen LogP contribution in [0.2, 0.25) is 0 Å². The molecule has 0 amide bonds. The van der Waals surface area contributed by atoms with E-state index in [1.54, 1.807) is 0 Å². The molecule has 0 unspecified atom stereocenters. The Kier molecular flexibility index (Phi) is 2.22. The molecule has 102 valence electrons. The van der Waals surface area contributed by atoms with E-state index in [4.69, 9.17) is 0 Å². The third-order valence-corrected chi connectivity index (χ3v) is 2.93. The maximum atomic E-state index is 9.91. The fourth-order valence-electron chi connectivity index (χ4n) is 2.00. The number of phenols is 2. The molecule has 3 aliphatic heterocycles. The predicted octanol–water partition coefficient (Wildman–Crippen LogP) is 0.312. The first kappa shape index (κ1) is 11.5. The van der Waals surface area contributed by atoms with Gasteiger partial charge in [0.15, 0.2) is 5.84 Å². The van der Waals surface area contributed by atoms with Crippen LogP contribution in [0.4, 0.5) is 0 Å². The zero-order valence-corrected chi connectivity index (χ0v) is 10.4. The van der Waals surface area contributed by atoms with E-state index >= 15 is 0 Å². The lowest BCUT2D eigenvalue weighted by Crippen LogP contribution is -2.45. The van der Waals surface area contributed by atoms with Gasteiger partial charge in [-0.2, -0.15) is 9.98 Å². The minimum absolute atomic E-state index is 0.0470. The Hall–Kier alpha value is -3.36. The molecule has 0 bridgehead atoms. The highest BCUT2D eigenvalue weighted by atomic mass is 16.3. The van der Waals surface area contributed by atoms with Crippen molar-refractivity contribution in [2.75, 3.05) is 0 Å². The maximum absolute atomic E-state index is 9.91. The standard InChI is InChI=1S/C12H7N7O2/c20-6-1-2-7(8(21)3-6)9-17-11-15-4-13-10-14-5-16-12(18-9)19(10)11/h1-5,20-21H. The summed E-state index contributed by atoms with van der Waals surface area (Å²) in [5.41, 5.74) is 0.365. The summed E-state index contributed by atoms with van der Waals surface area (Å²) in [5.74, 6) is 1.07. The number of phenolic OH excluding ortho intramolecular Hbond substituents is 2. The fourth-order valence-corrected chi connectivity index (χ4v) is 2.00. The highest BCUT2D eigenvalue weighted by molar-refractivity contribution is 6.29. The predicted molar refractivity (Wildman–Crippen MR) is 77.4 cm³/mol. The van der Waals surface area contributed by atoms with Gasteiger partial charge in [-0.15, -0.1) is 0 Å². The molecule has 0 fully saturated rings. The van der Waals surface area contributed by atoms with Crippen LogP contribution in [0.1, 0.15) is 5.56 Å². The number of hydrogen-bond donors (Lipinski definition) is 2. The van der Waals surface area contributed by atoms with Gasteiger partial charge in [-0.1, -0.05) is 0 Å². The Balaban J connectivity index is 1.87. The van der Waals surface area contributed by atoms with Crippen molar-refractivity contribution in [3.8, 4) is 11.5 Å². The summed E-state index contributed by atoms with van der Waals surface area (Å²) in [5, 5.41) is 19.3. The average Bonchev–Trinajstić information content (AvgIpc) is 2.47. The third kappa shape index (κ3) is 1.71. The summed E-state index contributed by atoms with van der Waals surface area (Å²) in [6.45, 7) is 0. The highest BCUT2D eigenvalue weighted by Crippen LogP contribution is 2.25. The molecule has 21 heavy (non-hydrogen) atoms. The number of benzene rings is 1. The second kappa shape index (κ2) is 4.07. The number of amidine groups is 1. The van der Waals surface area contributed by atoms with Gasteiger partial charge < -0.3 is 10.2 Å². The molecule has 0 saturated heterocycles. The van der Waals surface area contributed by atoms with Gasteiger partial charge in [-0.05, 0) is 12.1 Å². The van der Waals surface area contributed by atoms with Crippen molar-refractivity contribution in [2.45, 2.75) is 0 Å². The van der Waals surface area contributed by atoms with E-state index in [-0.39, 0.29) is 17.3 Å². The first-order chi connectivity index (χ1) is 10.2. The molecule has 0 spiro atoms. The van der Waals surface area contributed by atoms with Crippen LogP contribution in [0.15, 0.2) is 48.2 Å². The van der Waals surface area contributed by atoms with Gasteiger partial charge in [-0.3, -0.25) is 0 Å². The summed E-state index contributed by atoms with van der Waals surface area (Å²) in [6.07, 6.45) is 2.68. The Morgan fingerprint density at radius 3 is 2.43 bits per heavy atom. The second-order valence-electron chi connectivity index (χ2n) is 4.23. The molecule has 3 aliphatic rings. The molecule has 9 heteroatoms. The van der Waals surface area contributed by atoms with Crippen molar-refractivity contribution in [3.05, 3.63) is 23.8 Å². The van der Waals surface area contributed by atoms with Crippen LogP contribution in [-0.4, -0.2) is 51.5 Å². The first-order valence-corrected chi connectivity index (χ1v) is 5.93. The largest absolute Gasteiger partial charge is 0.508 e. The second-order valence-corrected chi connectivity index (χ2v) is 4.23. The molecule has 9 nitrogen and oxygen atoms in total. The smallest absolute Gasteiger partial charge is 0.243 e. The van der Waals surface area contributed by atoms with E-state index in [1.807, 2.05) is 0 Å². The van der Waals surface area contributed by atoms with Crippen LogP contribution in [0.5, 0.6) is 11.5 Å². The van der Waals surface area contributed by atoms with E-state index in [2.05, 4.69) is 30.0 Å². The molecule has 2 N–H and O–H groups in total. The van der Waals surface area contributed by atoms with Gasteiger partial charge >= 0.3 is 0 Å². The molecule has 1 aromatic carbocycles. The quantitative estimate of drug-likeness (QED) is 0.771. The lowest BCUT2D eigenvalue weighted by molar-refractivity contribution is 0.450. The zero-order valence-electron chi connectivity index (χ0n) is 10.4. The number of aliphatic imine (C=N–C) groups is 6. The van der Waals surface area contributed by atoms with Gasteiger partial charge in [0.2, 0.25) is 17.9 Å². The summed E-state index contributed by atoms with van der Waals surface area (Å²) < 4.78 is 0. The maximum Gasteiger partial charge on any atom is 0.243 e. The number of hydrogen-bond acceptors (Lipinski definition) is 9. The lowest BCUT2D eigenvalue weighted by atomic mass is 10.1. The molecule has 0 aliphatic carbocycles. The van der Waals surface area contributed by atoms with Crippen LogP contribution in [-0.2, 0) is 0 Å².